The van der Waals surface area contributed by atoms with E-state index in [2.05, 4.69) is 33.8 Å². The summed E-state index contributed by atoms with van der Waals surface area (Å²) in [5.74, 6) is 0.405. The van der Waals surface area contributed by atoms with Crippen LogP contribution in [0.4, 0.5) is 0 Å². The minimum Gasteiger partial charge on any atom is 0 e. The standard InChI is InChI=1S/C10H14O2.3CO.Fe/c1-8(11)12-9-5-4-6-10(2,3)7-9;3*1-2;/h4-5,7H,6H2,1-3H3;;;;. The molecule has 1 aliphatic rings. The maximum Gasteiger partial charge on any atom is 0 e. The molecule has 19 heavy (non-hydrogen) atoms. The van der Waals surface area contributed by atoms with Crippen LogP contribution in [0.15, 0.2) is 24.0 Å². The van der Waals surface area contributed by atoms with Crippen LogP contribution in [0, 0.1) is 25.4 Å². The van der Waals surface area contributed by atoms with Gasteiger partial charge in [0.1, 0.15) is 5.76 Å². The van der Waals surface area contributed by atoms with Crippen molar-refractivity contribution in [2.75, 3.05) is 0 Å². The van der Waals surface area contributed by atoms with E-state index in [0.29, 0.717) is 5.76 Å². The molecule has 0 aromatic heterocycles. The van der Waals surface area contributed by atoms with E-state index in [4.69, 9.17) is 18.7 Å². The zero-order chi connectivity index (χ0) is 15.2. The van der Waals surface area contributed by atoms with Gasteiger partial charge in [0.25, 0.3) is 0 Å². The monoisotopic (exact) mass is 306 g/mol. The molecule has 0 aliphatic heterocycles. The van der Waals surface area contributed by atoms with E-state index >= 15 is 0 Å². The Morgan fingerprint density at radius 1 is 1.21 bits per heavy atom. The summed E-state index contributed by atoms with van der Waals surface area (Å²) in [6.45, 7) is 19.1. The van der Waals surface area contributed by atoms with Crippen LogP contribution in [0.2, 0.25) is 0 Å². The SMILES string of the molecule is CC(=O)OC1=CC(C)(C)CC=C1.[C-]#[O+].[C-]#[O+].[C-]#[O+].[Fe]. The molecule has 5 nitrogen and oxygen atoms in total. The Hall–Kier alpha value is -1.31. The molecule has 6 heteroatoms. The molecule has 0 saturated heterocycles. The van der Waals surface area contributed by atoms with E-state index in [-0.39, 0.29) is 28.5 Å². The van der Waals surface area contributed by atoms with Gasteiger partial charge in [-0.05, 0) is 24.0 Å². The van der Waals surface area contributed by atoms with Crippen molar-refractivity contribution < 1.29 is 40.6 Å². The Bertz CT molecular complexity index is 347. The third kappa shape index (κ3) is 16.7. The largest absolute Gasteiger partial charge is 0 e. The van der Waals surface area contributed by atoms with Gasteiger partial charge in [-0.2, -0.15) is 0 Å². The number of esters is 1. The molecule has 0 saturated carbocycles. The molecule has 0 aromatic rings. The van der Waals surface area contributed by atoms with Crippen molar-refractivity contribution in [2.24, 2.45) is 5.41 Å². The van der Waals surface area contributed by atoms with Gasteiger partial charge in [-0.3, -0.25) is 4.79 Å². The van der Waals surface area contributed by atoms with Crippen molar-refractivity contribution in [3.8, 4) is 0 Å². The van der Waals surface area contributed by atoms with Crippen LogP contribution in [0.25, 0.3) is 0 Å². The second kappa shape index (κ2) is 16.7. The van der Waals surface area contributed by atoms with Crippen LogP contribution in [-0.4, -0.2) is 5.97 Å². The summed E-state index contributed by atoms with van der Waals surface area (Å²) in [6.07, 6.45) is 6.84. The molecule has 0 aromatic carbocycles. The molecule has 0 heterocycles. The van der Waals surface area contributed by atoms with Crippen molar-refractivity contribution in [3.63, 3.8) is 0 Å². The maximum atomic E-state index is 10.6. The average Bonchev–Trinajstić information content (AvgIpc) is 2.34. The molecule has 0 fully saturated rings. The van der Waals surface area contributed by atoms with Crippen molar-refractivity contribution >= 4 is 5.97 Å². The second-order valence-corrected chi connectivity index (χ2v) is 3.74. The normalized spacial score (nSPS) is 13.0. The molecule has 0 spiro atoms. The molecule has 0 atom stereocenters. The molecule has 0 unspecified atom stereocenters. The van der Waals surface area contributed by atoms with E-state index in [1.54, 1.807) is 0 Å². The van der Waals surface area contributed by atoms with Gasteiger partial charge in [0.2, 0.25) is 0 Å². The third-order valence-electron chi connectivity index (χ3n) is 1.72. The van der Waals surface area contributed by atoms with Gasteiger partial charge < -0.3 is 4.74 Å². The van der Waals surface area contributed by atoms with E-state index in [1.807, 2.05) is 18.2 Å². The van der Waals surface area contributed by atoms with Crippen LogP contribution in [0.3, 0.4) is 0 Å². The molecule has 0 bridgehead atoms. The van der Waals surface area contributed by atoms with Gasteiger partial charge >= 0.3 is 39.9 Å². The van der Waals surface area contributed by atoms with Gasteiger partial charge in [-0.1, -0.05) is 19.9 Å². The molecular formula is C13H14FeO5. The fourth-order valence-electron chi connectivity index (χ4n) is 1.20. The molecule has 0 amide bonds. The van der Waals surface area contributed by atoms with E-state index < -0.39 is 0 Å². The molecule has 0 N–H and O–H groups in total. The Kier molecular flexibility index (Phi) is 23.1. The van der Waals surface area contributed by atoms with Crippen molar-refractivity contribution in [3.05, 3.63) is 43.9 Å². The van der Waals surface area contributed by atoms with Crippen LogP contribution >= 0.6 is 0 Å². The summed E-state index contributed by atoms with van der Waals surface area (Å²) in [5, 5.41) is 0. The maximum absolute atomic E-state index is 10.6. The number of allylic oxidation sites excluding steroid dienone is 3. The van der Waals surface area contributed by atoms with Gasteiger partial charge in [0.05, 0.1) is 0 Å². The topological polar surface area (TPSA) is 86.0 Å². The van der Waals surface area contributed by atoms with E-state index in [0.717, 1.165) is 6.42 Å². The van der Waals surface area contributed by atoms with Crippen LogP contribution in [0.1, 0.15) is 27.2 Å². The van der Waals surface area contributed by atoms with Crippen molar-refractivity contribution in [1.29, 1.82) is 0 Å². The second-order valence-electron chi connectivity index (χ2n) is 3.74. The Morgan fingerprint density at radius 3 is 1.95 bits per heavy atom. The van der Waals surface area contributed by atoms with E-state index in [9.17, 15) is 4.79 Å². The minimum atomic E-state index is -0.261. The Morgan fingerprint density at radius 2 is 1.63 bits per heavy atom. The number of ether oxygens (including phenoxy) is 1. The first-order valence-corrected chi connectivity index (χ1v) is 4.69. The number of hydrogen-bond acceptors (Lipinski definition) is 2. The summed E-state index contributed by atoms with van der Waals surface area (Å²) in [6, 6.07) is 0. The van der Waals surface area contributed by atoms with Gasteiger partial charge in [0, 0.05) is 24.0 Å². The summed E-state index contributed by atoms with van der Waals surface area (Å²) >= 11 is 0. The summed E-state index contributed by atoms with van der Waals surface area (Å²) in [4.78, 5) is 10.6. The number of carbonyl (C=O) groups excluding carboxylic acids is 1. The molecule has 104 valence electrons. The smallest absolute Gasteiger partial charge is 0 e. The molecule has 0 radical (unpaired) electrons. The summed E-state index contributed by atoms with van der Waals surface area (Å²) in [7, 11) is 0. The van der Waals surface area contributed by atoms with Crippen molar-refractivity contribution in [1.82, 2.24) is 0 Å². The number of hydrogen-bond donors (Lipinski definition) is 0. The van der Waals surface area contributed by atoms with Gasteiger partial charge in [0.15, 0.2) is 0 Å². The first kappa shape index (κ1) is 26.3. The molecule has 1 rings (SSSR count). The van der Waals surface area contributed by atoms with Crippen LogP contribution in [-0.2, 0) is 40.6 Å². The van der Waals surface area contributed by atoms with Crippen molar-refractivity contribution in [2.45, 2.75) is 27.2 Å². The van der Waals surface area contributed by atoms with Crippen LogP contribution in [0.5, 0.6) is 0 Å². The Labute approximate surface area is 123 Å². The average molecular weight is 306 g/mol. The molecular weight excluding hydrogens is 292 g/mol. The number of carbonyl (C=O) groups is 1. The Balaban J connectivity index is -0.000000142. The van der Waals surface area contributed by atoms with Crippen LogP contribution < -0.4 is 0 Å². The fraction of sp³-hybridized carbons (Fsp3) is 0.385. The predicted octanol–water partition coefficient (Wildman–Crippen LogP) is 2.30. The van der Waals surface area contributed by atoms with Gasteiger partial charge in [-0.15, -0.1) is 0 Å². The first-order valence-electron chi connectivity index (χ1n) is 4.69. The quantitative estimate of drug-likeness (QED) is 0.322. The predicted molar refractivity (Wildman–Crippen MR) is 59.2 cm³/mol. The molecule has 1 aliphatic carbocycles. The first-order chi connectivity index (χ1) is 8.49. The third-order valence-corrected chi connectivity index (χ3v) is 1.72. The minimum absolute atomic E-state index is 0. The summed E-state index contributed by atoms with van der Waals surface area (Å²) < 4.78 is 27.5. The zero-order valence-electron chi connectivity index (χ0n) is 10.8. The number of rotatable bonds is 1. The zero-order valence-corrected chi connectivity index (χ0v) is 11.9. The summed E-state index contributed by atoms with van der Waals surface area (Å²) in [5.41, 5.74) is 0.111. The fourth-order valence-corrected chi connectivity index (χ4v) is 1.20. The van der Waals surface area contributed by atoms with E-state index in [1.165, 1.54) is 6.92 Å². The van der Waals surface area contributed by atoms with Gasteiger partial charge in [-0.25, -0.2) is 0 Å².